The number of carbonyl (C=O) groups excluding carboxylic acids is 6. The standard InChI is InChI=1S/C3H5N2O2.C2H4NO.3CNO.Ra.3Rb.2Y/c1-2(6)5-3(4)7;1-2(3)4;3*2-1-3;;;;;;/h1H2,(H3,4,5,6,7);1H2,(H2,3,4);;;;;;;;;/q5*-1;;3*+1;;/p-3. The number of hydrogen-bond donors (Lipinski definition) is 0. The Bertz CT molecular complexity index is 359. The van der Waals surface area contributed by atoms with Crippen LogP contribution in [0.2, 0.25) is 0 Å². The minimum absolute atomic E-state index is 0. The van der Waals surface area contributed by atoms with E-state index in [0.717, 1.165) is 0 Å². The summed E-state index contributed by atoms with van der Waals surface area (Å²) in [5.74, 6) is -1.71. The molecular weight excluding hydrogens is 936 g/mol. The van der Waals surface area contributed by atoms with Crippen LogP contribution in [0.4, 0.5) is 4.79 Å². The third-order valence-corrected chi connectivity index (χ3v) is 0.226. The molecule has 0 heterocycles. The monoisotopic (exact) mass is 941 g/mol. The van der Waals surface area contributed by atoms with Gasteiger partial charge in [-0.1, -0.05) is 11.8 Å². The van der Waals surface area contributed by atoms with Crippen LogP contribution >= 0.6 is 0 Å². The first-order valence-corrected chi connectivity index (χ1v) is 3.55. The molecule has 0 saturated heterocycles. The first kappa shape index (κ1) is 69.7. The van der Waals surface area contributed by atoms with E-state index in [1.54, 1.807) is 0 Å². The summed E-state index contributed by atoms with van der Waals surface area (Å²) in [4.78, 5) is 52.8. The average Bonchev–Trinajstić information content (AvgIpc) is 2.17. The summed E-state index contributed by atoms with van der Waals surface area (Å²) in [5.41, 5.74) is 11.9. The van der Waals surface area contributed by atoms with Crippen molar-refractivity contribution >= 4 is 36.1 Å². The van der Waals surface area contributed by atoms with E-state index in [2.05, 4.69) is 19.2 Å². The van der Waals surface area contributed by atoms with Gasteiger partial charge in [0.05, 0.1) is 0 Å². The molecule has 0 bridgehead atoms. The fraction of sp³-hybridized carbons (Fsp3) is 0. The van der Waals surface area contributed by atoms with Gasteiger partial charge in [-0.25, -0.2) is 0 Å². The van der Waals surface area contributed by atoms with E-state index in [1.807, 2.05) is 0 Å². The molecule has 0 aromatic heterocycles. The van der Waals surface area contributed by atoms with Crippen molar-refractivity contribution in [1.82, 2.24) is 0 Å². The third kappa shape index (κ3) is 269. The summed E-state index contributed by atoms with van der Waals surface area (Å²) in [7, 11) is 0. The predicted molar refractivity (Wildman–Crippen MR) is 65.3 cm³/mol. The van der Waals surface area contributed by atoms with Gasteiger partial charge in [-0.3, -0.25) is 14.4 Å². The van der Waals surface area contributed by atoms with E-state index in [-0.39, 0.29) is 285 Å². The molecule has 0 spiro atoms. The summed E-state index contributed by atoms with van der Waals surface area (Å²) >= 11 is 0. The number of imide groups is 1. The van der Waals surface area contributed by atoms with Crippen molar-refractivity contribution in [2.24, 2.45) is 0 Å². The maximum Gasteiger partial charge on any atom is 1.00 e. The molecule has 4 radical (unpaired) electrons. The Morgan fingerprint density at radius 1 is 0.769 bits per heavy atom. The topological polar surface area (TPSA) is 231 Å². The number of isocyanates is 3. The van der Waals surface area contributed by atoms with E-state index in [9.17, 15) is 9.59 Å². The Labute approximate surface area is 384 Å². The number of nitrogens with one attached hydrogen (secondary N) is 2. The zero-order valence-corrected chi connectivity index (χ0v) is 40.8. The molecule has 4 amide bonds. The zero-order chi connectivity index (χ0) is 17.6. The normalized spacial score (nSPS) is 3.85. The van der Waals surface area contributed by atoms with Gasteiger partial charge < -0.3 is 61.2 Å². The maximum absolute atomic E-state index is 9.64. The number of hydrogen-bond acceptors (Lipinski definition) is 6. The smallest absolute Gasteiger partial charge is 0.724 e. The number of amides is 4. The second-order valence-electron chi connectivity index (χ2n) is 1.51. The number of nitrogens with zero attached hydrogens (tertiary/aromatic N) is 4. The van der Waals surface area contributed by atoms with Gasteiger partial charge in [0.1, 0.15) is 0 Å². The van der Waals surface area contributed by atoms with Crippen molar-refractivity contribution < 1.29 is 314 Å². The van der Waals surface area contributed by atoms with E-state index in [0.29, 0.717) is 18.2 Å². The molecule has 0 aliphatic heterocycles. The van der Waals surface area contributed by atoms with Gasteiger partial charge in [-0.05, 0) is 24.3 Å². The molecule has 0 aliphatic rings. The molecule has 0 saturated carbocycles. The average molecular weight is 942 g/mol. The molecule has 0 unspecified atom stereocenters. The minimum atomic E-state index is -1.25. The van der Waals surface area contributed by atoms with Crippen LogP contribution in [0.5, 0.6) is 0 Å². The fourth-order valence-electron chi connectivity index (χ4n) is 0.113. The van der Waals surface area contributed by atoms with Crippen molar-refractivity contribution in [3.05, 3.63) is 46.9 Å². The molecule has 12 nitrogen and oxygen atoms in total. The van der Waals surface area contributed by atoms with Gasteiger partial charge >= 0.3 is 175 Å². The first-order chi connectivity index (χ1) is 9.10. The molecule has 0 aliphatic carbocycles. The second-order valence-corrected chi connectivity index (χ2v) is 1.51. The molecular formula is C8H6N6O6RaRb3Y2-5. The third-order valence-electron chi connectivity index (χ3n) is 0.226. The van der Waals surface area contributed by atoms with E-state index in [4.69, 9.17) is 46.9 Å². The molecule has 26 heavy (non-hydrogen) atoms. The Balaban J connectivity index is -0.0000000119. The summed E-state index contributed by atoms with van der Waals surface area (Å²) < 4.78 is 0. The van der Waals surface area contributed by atoms with Crippen LogP contribution in [0.25, 0.3) is 33.0 Å². The number of urea groups is 1. The molecule has 0 atom stereocenters. The summed E-state index contributed by atoms with van der Waals surface area (Å²) in [5, 5.41) is 22.8. The Hall–Kier alpha value is 5.38. The minimum Gasteiger partial charge on any atom is -0.724 e. The summed E-state index contributed by atoms with van der Waals surface area (Å²) in [6, 6.07) is -1.25. The number of rotatable bonds is 0. The van der Waals surface area contributed by atoms with Gasteiger partial charge in [-0.15, -0.1) is 0 Å². The van der Waals surface area contributed by atoms with Gasteiger partial charge in [-0.2, -0.15) is 0 Å². The molecule has 120 valence electrons. The Kier molecular flexibility index (Phi) is 208. The van der Waals surface area contributed by atoms with Gasteiger partial charge in [0.2, 0.25) is 0 Å². The molecule has 0 rings (SSSR count). The maximum atomic E-state index is 9.64. The van der Waals surface area contributed by atoms with Gasteiger partial charge in [0, 0.05) is 110 Å². The molecule has 0 fully saturated rings. The zero-order valence-electron chi connectivity index (χ0n) is 14.5. The van der Waals surface area contributed by atoms with Crippen LogP contribution in [-0.4, -0.2) is 36.1 Å². The Morgan fingerprint density at radius 3 is 0.885 bits per heavy atom. The number of carbonyl (C=O) groups is 3. The van der Waals surface area contributed by atoms with Crippen LogP contribution in [0.15, 0.2) is 0 Å². The van der Waals surface area contributed by atoms with E-state index in [1.165, 1.54) is 0 Å². The van der Waals surface area contributed by atoms with Crippen molar-refractivity contribution in [1.29, 1.82) is 0 Å². The molecule has 2 N–H and O–H groups in total. The fourth-order valence-corrected chi connectivity index (χ4v) is 0.113. The first-order valence-electron chi connectivity index (χ1n) is 3.55. The molecule has 0 aromatic carbocycles. The quantitative estimate of drug-likeness (QED) is 0.130. The van der Waals surface area contributed by atoms with E-state index >= 15 is 0 Å². The Morgan fingerprint density at radius 2 is 0.885 bits per heavy atom. The second kappa shape index (κ2) is 77.6. The van der Waals surface area contributed by atoms with E-state index < -0.39 is 17.8 Å². The van der Waals surface area contributed by atoms with Crippen LogP contribution in [0.3, 0.4) is 0 Å². The molecule has 0 aromatic rings. The van der Waals surface area contributed by atoms with Crippen LogP contribution in [0, 0.1) is 58.9 Å². The van der Waals surface area contributed by atoms with Crippen molar-refractivity contribution in [3.63, 3.8) is 0 Å². The van der Waals surface area contributed by atoms with Crippen molar-refractivity contribution in [2.75, 3.05) is 0 Å². The van der Waals surface area contributed by atoms with Crippen LogP contribution in [-0.2, 0) is 89.4 Å². The van der Waals surface area contributed by atoms with Gasteiger partial charge in [0.25, 0.3) is 0 Å². The van der Waals surface area contributed by atoms with Crippen LogP contribution < -0.4 is 175 Å². The molecule has 18 heteroatoms. The SMILES string of the molecule is [CH2-]C(=O)[N-]C([NH-])=O.[CH2-]C([NH-])=O.[N-]=C=O.[N-]=C=O.[N-]=C=O.[Ra].[Rb+].[Rb+].[Rb+].[Y].[Y]. The summed E-state index contributed by atoms with van der Waals surface area (Å²) in [6.45, 7) is 5.40. The predicted octanol–water partition coefficient (Wildman–Crippen LogP) is -8.03. The van der Waals surface area contributed by atoms with Crippen molar-refractivity contribution in [3.8, 4) is 0 Å². The van der Waals surface area contributed by atoms with Crippen molar-refractivity contribution in [2.45, 2.75) is 0 Å². The van der Waals surface area contributed by atoms with Crippen LogP contribution in [0.1, 0.15) is 0 Å². The largest absolute Gasteiger partial charge is 1.00 e. The van der Waals surface area contributed by atoms with Gasteiger partial charge in [0.15, 0.2) is 0 Å². The summed E-state index contributed by atoms with van der Waals surface area (Å²) in [6.07, 6.45) is 1.50.